The van der Waals surface area contributed by atoms with Crippen LogP contribution in [0.5, 0.6) is 0 Å². The van der Waals surface area contributed by atoms with Crippen LogP contribution < -0.4 is 21.3 Å². The zero-order valence-corrected chi connectivity index (χ0v) is 59.9. The van der Waals surface area contributed by atoms with Gasteiger partial charge in [0.25, 0.3) is 0 Å². The first kappa shape index (κ1) is 91.1. The summed E-state index contributed by atoms with van der Waals surface area (Å²) in [5.74, 6) is -3.59. The van der Waals surface area contributed by atoms with Crippen LogP contribution in [0.2, 0.25) is 0 Å². The molecule has 9 aliphatic heterocycles. The highest BCUT2D eigenvalue weighted by molar-refractivity contribution is 5.74. The lowest BCUT2D eigenvalue weighted by molar-refractivity contribution is -0.396. The van der Waals surface area contributed by atoms with Crippen molar-refractivity contribution in [2.24, 2.45) is 0 Å². The Morgan fingerprint density at radius 3 is 1.03 bits per heavy atom. The molecular formula is C62H104N4O45. The lowest BCUT2D eigenvalue weighted by Crippen LogP contribution is -2.71. The number of ether oxygens (including phenoxy) is 17. The molecule has 0 radical (unpaired) electrons. The van der Waals surface area contributed by atoms with E-state index in [1.165, 1.54) is 6.92 Å². The minimum absolute atomic E-state index is 0.827. The van der Waals surface area contributed by atoms with Crippen LogP contribution in [0.15, 0.2) is 0 Å². The lowest BCUT2D eigenvalue weighted by Gasteiger charge is -2.51. The Morgan fingerprint density at radius 2 is 0.559 bits per heavy atom. The van der Waals surface area contributed by atoms with Gasteiger partial charge >= 0.3 is 0 Å². The first-order chi connectivity index (χ1) is 52.4. The van der Waals surface area contributed by atoms with E-state index in [4.69, 9.17) is 80.5 Å². The Balaban J connectivity index is 1.05. The number of amides is 4. The highest BCUT2D eigenvalue weighted by Crippen LogP contribution is 2.40. The molecule has 9 heterocycles. The summed E-state index contributed by atoms with van der Waals surface area (Å²) in [6, 6.07) is -7.39. The smallest absolute Gasteiger partial charge is 0.217 e. The second kappa shape index (κ2) is 39.7. The number of aliphatic hydroxyl groups is 24. The third-order valence-corrected chi connectivity index (χ3v) is 20.3. The van der Waals surface area contributed by atoms with Gasteiger partial charge in [-0.1, -0.05) is 0 Å². The first-order valence-corrected chi connectivity index (χ1v) is 35.5. The quantitative estimate of drug-likeness (QED) is 0.0346. The van der Waals surface area contributed by atoms with Gasteiger partial charge in [0.2, 0.25) is 23.6 Å². The Bertz CT molecular complexity index is 2950. The van der Waals surface area contributed by atoms with Gasteiger partial charge in [-0.05, 0) is 6.92 Å². The highest BCUT2D eigenvalue weighted by Gasteiger charge is 2.61. The predicted molar refractivity (Wildman–Crippen MR) is 342 cm³/mol. The Morgan fingerprint density at radius 1 is 0.252 bits per heavy atom. The summed E-state index contributed by atoms with van der Waals surface area (Å²) in [6.07, 6.45) is -83.2. The van der Waals surface area contributed by atoms with E-state index in [2.05, 4.69) is 21.3 Å². The van der Waals surface area contributed by atoms with Crippen molar-refractivity contribution in [3.63, 3.8) is 0 Å². The van der Waals surface area contributed by atoms with Crippen LogP contribution in [0.25, 0.3) is 0 Å². The zero-order chi connectivity index (χ0) is 81.8. The molecule has 0 aromatic heterocycles. The second-order valence-corrected chi connectivity index (χ2v) is 28.2. The number of carbonyl (C=O) groups is 4. The molecule has 0 bridgehead atoms. The Hall–Kier alpha value is -3.76. The minimum Gasteiger partial charge on any atom is -0.394 e. The van der Waals surface area contributed by atoms with Crippen molar-refractivity contribution >= 4 is 23.6 Å². The monoisotopic (exact) mass is 1620 g/mol. The van der Waals surface area contributed by atoms with Crippen LogP contribution in [0.4, 0.5) is 0 Å². The Labute approximate surface area is 629 Å². The fourth-order valence-corrected chi connectivity index (χ4v) is 14.3. The number of rotatable bonds is 28. The maximum absolute atomic E-state index is 13.2. The molecule has 9 rings (SSSR count). The van der Waals surface area contributed by atoms with Gasteiger partial charge in [-0.15, -0.1) is 0 Å². The van der Waals surface area contributed by atoms with Crippen molar-refractivity contribution in [1.29, 1.82) is 0 Å². The molecule has 9 fully saturated rings. The molecule has 0 aromatic rings. The van der Waals surface area contributed by atoms with Crippen LogP contribution in [0.1, 0.15) is 34.6 Å². The van der Waals surface area contributed by atoms with E-state index in [-0.39, 0.29) is 0 Å². The van der Waals surface area contributed by atoms with Crippen molar-refractivity contribution in [2.75, 3.05) is 52.9 Å². The van der Waals surface area contributed by atoms with E-state index in [1.54, 1.807) is 0 Å². The van der Waals surface area contributed by atoms with E-state index in [1.807, 2.05) is 0 Å². The number of aliphatic hydroxyl groups excluding tert-OH is 24. The molecule has 49 nitrogen and oxygen atoms in total. The van der Waals surface area contributed by atoms with Crippen molar-refractivity contribution in [2.45, 2.75) is 311 Å². The van der Waals surface area contributed by atoms with Crippen LogP contribution in [-0.2, 0) is 99.7 Å². The molecular weight excluding hydrogens is 1520 g/mol. The lowest BCUT2D eigenvalue weighted by atomic mass is 9.93. The molecule has 9 aliphatic rings. The summed E-state index contributed by atoms with van der Waals surface area (Å²) >= 11 is 0. The molecule has 0 aromatic carbocycles. The SMILES string of the molecule is CC(=O)N[C@@H]1[C@H](O[C@@H]2[C@H](O[C@@H]3[C@H](O)[C@H](O[C@H]4[C@H](O)[C@@H](NC(C)=O)[C@H](O[C@H]5[C@H](O)[C@@H](NC(C)=O)[C@H](O)O[C@@H]5CO[C@@H]5O[C@@H](C)[C@@H](O)[C@@H](O)[C@@H]5O)O[C@@H]4CO)O[C@H](CO[C@@H]4O[C@H](CO)[C@@H](O)[C@H](O)[C@@H]4O[C@@H]4O[C@H](CO)[C@@H](O[C@@H]5O[C@H](CO)[C@H](O)[C@H](O)[C@H]5O)[C@H](O)[C@H]4NC(C)=O)[C@H]3O)O[C@H](CO)[C@@H](O)[C@@H]2O)O[C@H](CO)[C@@H](O)[C@@H]1O. The van der Waals surface area contributed by atoms with E-state index < -0.39 is 353 Å². The first-order valence-electron chi connectivity index (χ1n) is 35.5. The normalized spacial score (nSPS) is 49.3. The van der Waals surface area contributed by atoms with Crippen LogP contribution in [0.3, 0.4) is 0 Å². The van der Waals surface area contributed by atoms with Crippen LogP contribution in [0, 0.1) is 0 Å². The summed E-state index contributed by atoms with van der Waals surface area (Å²) < 4.78 is 101. The predicted octanol–water partition coefficient (Wildman–Crippen LogP) is -19.0. The molecule has 28 N–H and O–H groups in total. The number of hydrogen-bond acceptors (Lipinski definition) is 45. The van der Waals surface area contributed by atoms with Gasteiger partial charge in [-0.3, -0.25) is 19.2 Å². The molecule has 0 unspecified atom stereocenters. The Kier molecular flexibility index (Phi) is 32.6. The standard InChI is InChI=1S/C62H104N4O45/c1-14-31(77)41(87)45(91)58(97-14)95-13-26-50(38(84)27(54(94)98-26)63-15(2)73)106-56-29(65-17(4)75)39(85)49(24(11-72)103-56)108-60-47(93)51(109-62-53(44(90)35(81)22(9-70)102-62)111-55-28(64-16(3)74)37(83)32(78)19(6-67)99-55)36(82)25(105-60)12-96-61-52(43(89)34(80)21(8-69)101-61)110-57-30(66-18(5)76)40(86)48(23(10-71)104-57)107-59-46(92)42(88)33(79)20(7-68)100-59/h14,19-62,67-72,77-94H,6-13H2,1-5H3,(H,63,73)(H,64,74)(H,65,75)(H,66,76)/t14-,19+,20+,21+,22+,23+,24+,25+,26+,27+,28-,29+,30+,31+,32+,33-,34+,35+,36+,37+,38+,39+,40+,41+,42-,43-,44-,45-,46+,47-,48+,49+,50+,51-,52-,53-,54+,55-,56-,57-,58+,59-,60-,61+,62-/m0/s1. The number of nitrogens with one attached hydrogen (secondary N) is 4. The van der Waals surface area contributed by atoms with Gasteiger partial charge in [-0.2, -0.15) is 0 Å². The van der Waals surface area contributed by atoms with Gasteiger partial charge in [0.05, 0.1) is 59.0 Å². The number of hydrogen-bond donors (Lipinski definition) is 28. The highest BCUT2D eigenvalue weighted by atomic mass is 16.8. The van der Waals surface area contributed by atoms with E-state index in [0.29, 0.717) is 0 Å². The maximum atomic E-state index is 13.2. The summed E-state index contributed by atoms with van der Waals surface area (Å²) in [6.45, 7) is -3.36. The summed E-state index contributed by atoms with van der Waals surface area (Å²) in [4.78, 5) is 50.9. The van der Waals surface area contributed by atoms with Gasteiger partial charge in [0.15, 0.2) is 56.6 Å². The molecule has 0 spiro atoms. The zero-order valence-electron chi connectivity index (χ0n) is 59.9. The molecule has 0 saturated carbocycles. The molecule has 4 amide bonds. The van der Waals surface area contributed by atoms with E-state index in [9.17, 15) is 142 Å². The average Bonchev–Trinajstić information content (AvgIpc) is 0.768. The summed E-state index contributed by atoms with van der Waals surface area (Å²) in [7, 11) is 0. The molecule has 642 valence electrons. The summed E-state index contributed by atoms with van der Waals surface area (Å²) in [5.41, 5.74) is 0. The van der Waals surface area contributed by atoms with Crippen LogP contribution in [-0.4, -0.2) is 475 Å². The molecule has 111 heavy (non-hydrogen) atoms. The van der Waals surface area contributed by atoms with Gasteiger partial charge in [-0.25, -0.2) is 0 Å². The van der Waals surface area contributed by atoms with Crippen molar-refractivity contribution in [3.8, 4) is 0 Å². The topological polar surface area (TPSA) is 759 Å². The average molecular weight is 1630 g/mol. The molecule has 0 aliphatic carbocycles. The fourth-order valence-electron chi connectivity index (χ4n) is 14.3. The van der Waals surface area contributed by atoms with Gasteiger partial charge in [0, 0.05) is 27.7 Å². The summed E-state index contributed by atoms with van der Waals surface area (Å²) in [5, 5.41) is 276. The van der Waals surface area contributed by atoms with E-state index in [0.717, 1.165) is 27.7 Å². The maximum Gasteiger partial charge on any atom is 0.217 e. The fraction of sp³-hybridized carbons (Fsp3) is 0.935. The molecule has 45 atom stereocenters. The third-order valence-electron chi connectivity index (χ3n) is 20.3. The molecule has 9 saturated heterocycles. The van der Waals surface area contributed by atoms with Gasteiger partial charge < -0.3 is 224 Å². The largest absolute Gasteiger partial charge is 0.394 e. The van der Waals surface area contributed by atoms with E-state index >= 15 is 0 Å². The van der Waals surface area contributed by atoms with Crippen molar-refractivity contribution < 1.29 is 222 Å². The van der Waals surface area contributed by atoms with Crippen LogP contribution >= 0.6 is 0 Å². The number of carbonyl (C=O) groups excluding carboxylic acids is 4. The molecule has 49 heteroatoms. The second-order valence-electron chi connectivity index (χ2n) is 28.2. The minimum atomic E-state index is -2.55. The van der Waals surface area contributed by atoms with Gasteiger partial charge in [0.1, 0.15) is 213 Å². The van der Waals surface area contributed by atoms with Crippen molar-refractivity contribution in [3.05, 3.63) is 0 Å². The third kappa shape index (κ3) is 20.3. The van der Waals surface area contributed by atoms with Crippen molar-refractivity contribution in [1.82, 2.24) is 21.3 Å².